The molecule has 31 heavy (non-hydrogen) atoms. The summed E-state index contributed by atoms with van der Waals surface area (Å²) in [6, 6.07) is 17.4. The highest BCUT2D eigenvalue weighted by molar-refractivity contribution is 5.95. The number of amides is 2. The van der Waals surface area contributed by atoms with Crippen molar-refractivity contribution in [3.05, 3.63) is 71.8 Å². The lowest BCUT2D eigenvalue weighted by atomic mass is 10.1. The van der Waals surface area contributed by atoms with Gasteiger partial charge in [-0.15, -0.1) is 5.10 Å². The molecule has 0 saturated carbocycles. The minimum Gasteiger partial charge on any atom is -0.491 e. The second kappa shape index (κ2) is 8.97. The maximum Gasteiger partial charge on any atom is 0.288 e. The number of nitrogens with zero attached hydrogens (tertiary/aromatic N) is 4. The summed E-state index contributed by atoms with van der Waals surface area (Å²) in [5.74, 6) is 0.935. The molecule has 2 N–H and O–H groups in total. The van der Waals surface area contributed by atoms with E-state index in [9.17, 15) is 9.59 Å². The summed E-state index contributed by atoms with van der Waals surface area (Å²) in [5, 5.41) is 4.16. The first-order valence-corrected chi connectivity index (χ1v) is 9.91. The molecular weight excluding hydrogens is 398 g/mol. The second-order valence-corrected chi connectivity index (χ2v) is 7.12. The highest BCUT2D eigenvalue weighted by atomic mass is 16.5. The predicted octanol–water partition coefficient (Wildman–Crippen LogP) is 1.93. The fraction of sp³-hybridized carbons (Fsp3) is 0.273. The van der Waals surface area contributed by atoms with Crippen LogP contribution in [0.4, 0.5) is 5.69 Å². The van der Waals surface area contributed by atoms with Gasteiger partial charge in [-0.2, -0.15) is 0 Å². The van der Waals surface area contributed by atoms with Gasteiger partial charge in [0.2, 0.25) is 11.7 Å². The van der Waals surface area contributed by atoms with E-state index in [4.69, 9.17) is 15.2 Å². The molecular formula is C22H23N5O4. The molecule has 2 aliphatic heterocycles. The Hall–Kier alpha value is -3.72. The zero-order valence-electron chi connectivity index (χ0n) is 17.1. The molecule has 2 aromatic carbocycles. The summed E-state index contributed by atoms with van der Waals surface area (Å²) in [6.45, 7) is 1.34. The Morgan fingerprint density at radius 2 is 1.87 bits per heavy atom. The number of carbonyl (C=O) groups excluding carboxylic acids is 2. The van der Waals surface area contributed by atoms with Gasteiger partial charge in [-0.05, 0) is 17.7 Å². The lowest BCUT2D eigenvalue weighted by molar-refractivity contribution is -0.118. The van der Waals surface area contributed by atoms with Crippen LogP contribution in [0, 0.1) is 0 Å². The number of para-hydroxylation sites is 2. The van der Waals surface area contributed by atoms with Crippen molar-refractivity contribution in [2.45, 2.75) is 19.1 Å². The van der Waals surface area contributed by atoms with E-state index < -0.39 is 5.91 Å². The van der Waals surface area contributed by atoms with E-state index >= 15 is 0 Å². The molecule has 0 spiro atoms. The highest BCUT2D eigenvalue weighted by Crippen LogP contribution is 2.29. The first kappa shape index (κ1) is 20.5. The number of hydrogen-bond acceptors (Lipinski definition) is 6. The van der Waals surface area contributed by atoms with Crippen molar-refractivity contribution in [2.24, 2.45) is 5.73 Å². The van der Waals surface area contributed by atoms with Crippen LogP contribution in [0.15, 0.2) is 54.6 Å². The molecule has 9 nitrogen and oxygen atoms in total. The summed E-state index contributed by atoms with van der Waals surface area (Å²) in [5.41, 5.74) is 7.11. The smallest absolute Gasteiger partial charge is 0.288 e. The van der Waals surface area contributed by atoms with E-state index in [0.717, 1.165) is 17.0 Å². The largest absolute Gasteiger partial charge is 0.491 e. The number of nitrogens with two attached hydrogens (primary N) is 1. The van der Waals surface area contributed by atoms with Crippen molar-refractivity contribution >= 4 is 17.5 Å². The third-order valence-electron chi connectivity index (χ3n) is 5.08. The lowest BCUT2D eigenvalue weighted by Crippen LogP contribution is -2.25. The Kier molecular flexibility index (Phi) is 5.94. The van der Waals surface area contributed by atoms with Crippen molar-refractivity contribution in [2.75, 3.05) is 25.2 Å². The molecule has 1 aromatic heterocycles. The Labute approximate surface area is 179 Å². The maximum absolute atomic E-state index is 11.4. The Morgan fingerprint density at radius 3 is 2.65 bits per heavy atom. The number of carbonyl (C=O) groups is 2. The monoisotopic (exact) mass is 421 g/mol. The molecule has 0 radical (unpaired) electrons. The van der Waals surface area contributed by atoms with Crippen LogP contribution in [0.1, 0.15) is 34.5 Å². The molecule has 3 aromatic rings. The Bertz CT molecular complexity index is 1080. The summed E-state index contributed by atoms with van der Waals surface area (Å²) in [6.07, 6.45) is 0.450. The van der Waals surface area contributed by atoms with Gasteiger partial charge >= 0.3 is 0 Å². The van der Waals surface area contributed by atoms with Crippen molar-refractivity contribution in [1.82, 2.24) is 14.8 Å². The molecule has 0 bridgehead atoms. The summed E-state index contributed by atoms with van der Waals surface area (Å²) < 4.78 is 12.6. The van der Waals surface area contributed by atoms with Crippen molar-refractivity contribution < 1.29 is 19.1 Å². The number of aromatic nitrogens is 3. The summed E-state index contributed by atoms with van der Waals surface area (Å²) in [7, 11) is 1.77. The molecule has 0 saturated heterocycles. The molecule has 1 atom stereocenters. The van der Waals surface area contributed by atoms with E-state index in [0.29, 0.717) is 32.1 Å². The average Bonchev–Trinajstić information content (AvgIpc) is 3.19. The van der Waals surface area contributed by atoms with Crippen LogP contribution in [-0.2, 0) is 16.1 Å². The van der Waals surface area contributed by atoms with E-state index in [1.807, 2.05) is 54.6 Å². The molecule has 9 heteroatoms. The average molecular weight is 421 g/mol. The summed E-state index contributed by atoms with van der Waals surface area (Å²) in [4.78, 5) is 28.2. The van der Waals surface area contributed by atoms with Gasteiger partial charge in [-0.1, -0.05) is 42.5 Å². The van der Waals surface area contributed by atoms with Gasteiger partial charge in [-0.3, -0.25) is 9.59 Å². The van der Waals surface area contributed by atoms with Gasteiger partial charge in [0, 0.05) is 7.05 Å². The topological polar surface area (TPSA) is 113 Å². The van der Waals surface area contributed by atoms with Gasteiger partial charge in [0.05, 0.1) is 25.3 Å². The third kappa shape index (κ3) is 4.41. The number of primary amides is 1. The van der Waals surface area contributed by atoms with Crippen LogP contribution in [0.25, 0.3) is 0 Å². The van der Waals surface area contributed by atoms with Crippen LogP contribution in [0.5, 0.6) is 5.75 Å². The van der Waals surface area contributed by atoms with Crippen molar-refractivity contribution in [1.29, 1.82) is 0 Å². The molecule has 0 aliphatic carbocycles. The van der Waals surface area contributed by atoms with Crippen LogP contribution in [0.3, 0.4) is 0 Å². The number of rotatable bonds is 2. The Balaban J connectivity index is 0.000000158. The third-order valence-corrected chi connectivity index (χ3v) is 5.08. The van der Waals surface area contributed by atoms with Crippen molar-refractivity contribution in [3.63, 3.8) is 0 Å². The van der Waals surface area contributed by atoms with E-state index in [-0.39, 0.29) is 17.8 Å². The molecule has 2 aliphatic rings. The molecule has 160 valence electrons. The fourth-order valence-electron chi connectivity index (χ4n) is 3.46. The first-order valence-electron chi connectivity index (χ1n) is 9.91. The van der Waals surface area contributed by atoms with E-state index in [1.165, 1.54) is 0 Å². The van der Waals surface area contributed by atoms with Crippen molar-refractivity contribution in [3.8, 4) is 5.75 Å². The number of fused-ring (bicyclic) bond motifs is 2. The minimum absolute atomic E-state index is 0.0384. The normalized spacial score (nSPS) is 17.4. The lowest BCUT2D eigenvalue weighted by Gasteiger charge is -2.23. The van der Waals surface area contributed by atoms with E-state index in [2.05, 4.69) is 10.1 Å². The van der Waals surface area contributed by atoms with Crippen LogP contribution in [0.2, 0.25) is 0 Å². The van der Waals surface area contributed by atoms with Crippen LogP contribution < -0.4 is 15.4 Å². The summed E-state index contributed by atoms with van der Waals surface area (Å²) >= 11 is 0. The second-order valence-electron chi connectivity index (χ2n) is 7.12. The fourth-order valence-corrected chi connectivity index (χ4v) is 3.46. The molecule has 5 rings (SSSR count). The molecule has 2 amide bonds. The zero-order valence-corrected chi connectivity index (χ0v) is 17.1. The molecule has 0 fully saturated rings. The predicted molar refractivity (Wildman–Crippen MR) is 113 cm³/mol. The van der Waals surface area contributed by atoms with Gasteiger partial charge in [-0.25, -0.2) is 9.67 Å². The van der Waals surface area contributed by atoms with Gasteiger partial charge in [0.15, 0.2) is 5.82 Å². The van der Waals surface area contributed by atoms with Gasteiger partial charge in [0.1, 0.15) is 18.4 Å². The van der Waals surface area contributed by atoms with Crippen LogP contribution >= 0.6 is 0 Å². The minimum atomic E-state index is -0.622. The quantitative estimate of drug-likeness (QED) is 0.677. The number of benzene rings is 2. The van der Waals surface area contributed by atoms with Crippen LogP contribution in [-0.4, -0.2) is 46.8 Å². The SMILES string of the molecule is CN1C(=O)CCOc2ccccc21.NC(=O)c1nc2n(n1)C(c1ccccc1)COC2. The number of ether oxygens (including phenoxy) is 2. The maximum atomic E-state index is 11.4. The number of hydrogen-bond donors (Lipinski definition) is 1. The van der Waals surface area contributed by atoms with Gasteiger partial charge < -0.3 is 20.1 Å². The first-order chi connectivity index (χ1) is 15.0. The standard InChI is InChI=1S/C12H12N4O2.C10H11NO2/c13-11(17)12-14-10-7-18-6-9(16(10)15-12)8-4-2-1-3-5-8;1-11-8-4-2-3-5-9(8)13-7-6-10(11)12/h1-5,9H,6-7H2,(H2,13,17);2-5H,6-7H2,1H3. The number of anilines is 1. The molecule has 3 heterocycles. The van der Waals surface area contributed by atoms with Gasteiger partial charge in [0.25, 0.3) is 5.91 Å². The van der Waals surface area contributed by atoms with E-state index in [1.54, 1.807) is 16.6 Å². The molecule has 1 unspecified atom stereocenters. The Morgan fingerprint density at radius 1 is 1.13 bits per heavy atom. The highest BCUT2D eigenvalue weighted by Gasteiger charge is 2.26. The zero-order chi connectivity index (χ0) is 21.8.